The van der Waals surface area contributed by atoms with Gasteiger partial charge in [-0.3, -0.25) is 9.59 Å². The highest BCUT2D eigenvalue weighted by molar-refractivity contribution is 8.00. The zero-order valence-electron chi connectivity index (χ0n) is 20.3. The summed E-state index contributed by atoms with van der Waals surface area (Å²) in [5.41, 5.74) is 1.72. The average molecular weight is 495 g/mol. The fraction of sp³-hybridized carbons (Fsp3) is 0.259. The van der Waals surface area contributed by atoms with Crippen molar-refractivity contribution in [1.82, 2.24) is 0 Å². The van der Waals surface area contributed by atoms with Crippen LogP contribution < -0.4 is 24.8 Å². The fourth-order valence-electron chi connectivity index (χ4n) is 3.38. The van der Waals surface area contributed by atoms with Gasteiger partial charge in [0.05, 0.1) is 31.8 Å². The topological polar surface area (TPSA) is 85.9 Å². The molecule has 2 amide bonds. The molecule has 0 radical (unpaired) electrons. The molecule has 8 heteroatoms. The molecule has 3 aromatic carbocycles. The zero-order valence-corrected chi connectivity index (χ0v) is 21.1. The van der Waals surface area contributed by atoms with Gasteiger partial charge in [0.15, 0.2) is 11.5 Å². The van der Waals surface area contributed by atoms with E-state index >= 15 is 0 Å². The molecular weight excluding hydrogens is 464 g/mol. The molecule has 0 heterocycles. The molecular formula is C27H30N2O5S. The van der Waals surface area contributed by atoms with Crippen molar-refractivity contribution in [3.63, 3.8) is 0 Å². The SMILES string of the molecule is CCOc1ccccc1NC(=O)C(CC)Sc1cccc(NC(=O)c2ccc(OC)c(OC)c2)c1. The van der Waals surface area contributed by atoms with Crippen molar-refractivity contribution >= 4 is 35.0 Å². The molecule has 0 saturated heterocycles. The third kappa shape index (κ3) is 6.93. The highest BCUT2D eigenvalue weighted by atomic mass is 32.2. The first-order chi connectivity index (χ1) is 17.0. The minimum absolute atomic E-state index is 0.107. The number of hydrogen-bond acceptors (Lipinski definition) is 6. The van der Waals surface area contributed by atoms with Crippen molar-refractivity contribution in [3.8, 4) is 17.2 Å². The second kappa shape index (κ2) is 12.7. The summed E-state index contributed by atoms with van der Waals surface area (Å²) in [5.74, 6) is 1.29. The Bertz CT molecular complexity index is 1170. The maximum Gasteiger partial charge on any atom is 0.255 e. The van der Waals surface area contributed by atoms with E-state index < -0.39 is 0 Å². The van der Waals surface area contributed by atoms with Crippen molar-refractivity contribution in [2.24, 2.45) is 0 Å². The van der Waals surface area contributed by atoms with Crippen molar-refractivity contribution in [2.75, 3.05) is 31.5 Å². The Balaban J connectivity index is 1.69. The molecule has 3 aromatic rings. The van der Waals surface area contributed by atoms with E-state index in [0.29, 0.717) is 47.2 Å². The monoisotopic (exact) mass is 494 g/mol. The summed E-state index contributed by atoms with van der Waals surface area (Å²) in [6.45, 7) is 4.38. The van der Waals surface area contributed by atoms with E-state index in [1.807, 2.05) is 62.4 Å². The number of thioether (sulfide) groups is 1. The lowest BCUT2D eigenvalue weighted by molar-refractivity contribution is -0.115. The molecule has 35 heavy (non-hydrogen) atoms. The number of rotatable bonds is 11. The van der Waals surface area contributed by atoms with Gasteiger partial charge in [0, 0.05) is 16.1 Å². The lowest BCUT2D eigenvalue weighted by Crippen LogP contribution is -2.24. The molecule has 0 fully saturated rings. The average Bonchev–Trinajstić information content (AvgIpc) is 2.88. The van der Waals surface area contributed by atoms with Crippen LogP contribution in [0.3, 0.4) is 0 Å². The maximum atomic E-state index is 13.0. The van der Waals surface area contributed by atoms with Crippen LogP contribution in [-0.4, -0.2) is 37.9 Å². The van der Waals surface area contributed by atoms with Crippen molar-refractivity contribution in [3.05, 3.63) is 72.3 Å². The number of amides is 2. The zero-order chi connectivity index (χ0) is 25.2. The van der Waals surface area contributed by atoms with Gasteiger partial charge in [-0.15, -0.1) is 11.8 Å². The quantitative estimate of drug-likeness (QED) is 0.325. The van der Waals surface area contributed by atoms with Crippen LogP contribution in [0.1, 0.15) is 30.6 Å². The van der Waals surface area contributed by atoms with Crippen LogP contribution >= 0.6 is 11.8 Å². The molecule has 1 unspecified atom stereocenters. The van der Waals surface area contributed by atoms with Gasteiger partial charge in [-0.25, -0.2) is 0 Å². The summed E-state index contributed by atoms with van der Waals surface area (Å²) >= 11 is 1.44. The normalized spacial score (nSPS) is 11.3. The van der Waals surface area contributed by atoms with Crippen molar-refractivity contribution in [1.29, 1.82) is 0 Å². The molecule has 0 spiro atoms. The van der Waals surface area contributed by atoms with E-state index in [2.05, 4.69) is 10.6 Å². The minimum atomic E-state index is -0.318. The Hall–Kier alpha value is -3.65. The maximum absolute atomic E-state index is 13.0. The molecule has 3 rings (SSSR count). The molecule has 2 N–H and O–H groups in total. The van der Waals surface area contributed by atoms with E-state index in [1.54, 1.807) is 25.3 Å². The van der Waals surface area contributed by atoms with Gasteiger partial charge >= 0.3 is 0 Å². The van der Waals surface area contributed by atoms with E-state index in [-0.39, 0.29) is 17.1 Å². The standard InChI is InChI=1S/C27H30N2O5S/c1-5-25(27(31)29-21-12-7-8-13-22(21)34-6-2)35-20-11-9-10-19(17-20)28-26(30)18-14-15-23(32-3)24(16-18)33-4/h7-17,25H,5-6H2,1-4H3,(H,28,30)(H,29,31). The number of carbonyl (C=O) groups excluding carboxylic acids is 2. The molecule has 1 atom stereocenters. The Morgan fingerprint density at radius 2 is 1.63 bits per heavy atom. The number of nitrogens with one attached hydrogen (secondary N) is 2. The van der Waals surface area contributed by atoms with Gasteiger partial charge in [-0.1, -0.05) is 25.1 Å². The van der Waals surface area contributed by atoms with Crippen molar-refractivity contribution < 1.29 is 23.8 Å². The summed E-state index contributed by atoms with van der Waals surface area (Å²) in [5, 5.41) is 5.56. The number of ether oxygens (including phenoxy) is 3. The number of para-hydroxylation sites is 2. The van der Waals surface area contributed by atoms with Crippen LogP contribution in [0, 0.1) is 0 Å². The van der Waals surface area contributed by atoms with Gasteiger partial charge in [0.2, 0.25) is 5.91 Å². The van der Waals surface area contributed by atoms with E-state index in [0.717, 1.165) is 4.90 Å². The molecule has 0 saturated carbocycles. The summed E-state index contributed by atoms with van der Waals surface area (Å²) in [4.78, 5) is 26.6. The first-order valence-corrected chi connectivity index (χ1v) is 12.2. The number of carbonyl (C=O) groups is 2. The van der Waals surface area contributed by atoms with Crippen molar-refractivity contribution in [2.45, 2.75) is 30.4 Å². The predicted octanol–water partition coefficient (Wildman–Crippen LogP) is 5.86. The van der Waals surface area contributed by atoms with Crippen LogP contribution in [0.5, 0.6) is 17.2 Å². The smallest absolute Gasteiger partial charge is 0.255 e. The number of methoxy groups -OCH3 is 2. The third-order valence-corrected chi connectivity index (χ3v) is 6.48. The largest absolute Gasteiger partial charge is 0.493 e. The molecule has 0 aromatic heterocycles. The summed E-state index contributed by atoms with van der Waals surface area (Å²) in [6, 6.07) is 19.8. The van der Waals surface area contributed by atoms with E-state index in [9.17, 15) is 9.59 Å². The predicted molar refractivity (Wildman–Crippen MR) is 140 cm³/mol. The Kier molecular flexibility index (Phi) is 9.43. The number of benzene rings is 3. The highest BCUT2D eigenvalue weighted by Crippen LogP contribution is 2.31. The molecule has 7 nitrogen and oxygen atoms in total. The van der Waals surface area contributed by atoms with E-state index in [1.165, 1.54) is 18.9 Å². The molecule has 0 aliphatic rings. The van der Waals surface area contributed by atoms with Crippen LogP contribution in [0.15, 0.2) is 71.6 Å². The molecule has 0 bridgehead atoms. The van der Waals surface area contributed by atoms with Crippen LogP contribution in [-0.2, 0) is 4.79 Å². The van der Waals surface area contributed by atoms with Gasteiger partial charge in [-0.2, -0.15) is 0 Å². The van der Waals surface area contributed by atoms with Gasteiger partial charge in [0.1, 0.15) is 5.75 Å². The molecule has 0 aliphatic carbocycles. The summed E-state index contributed by atoms with van der Waals surface area (Å²) in [7, 11) is 3.07. The highest BCUT2D eigenvalue weighted by Gasteiger charge is 2.20. The minimum Gasteiger partial charge on any atom is -0.493 e. The molecule has 0 aliphatic heterocycles. The Morgan fingerprint density at radius 1 is 0.857 bits per heavy atom. The lowest BCUT2D eigenvalue weighted by atomic mass is 10.2. The fourth-order valence-corrected chi connectivity index (χ4v) is 4.39. The first kappa shape index (κ1) is 26.0. The Morgan fingerprint density at radius 3 is 2.34 bits per heavy atom. The second-order valence-corrected chi connectivity index (χ2v) is 8.76. The van der Waals surface area contributed by atoms with Gasteiger partial charge in [-0.05, 0) is 61.9 Å². The van der Waals surface area contributed by atoms with Crippen LogP contribution in [0.25, 0.3) is 0 Å². The lowest BCUT2D eigenvalue weighted by Gasteiger charge is -2.17. The number of anilines is 2. The Labute approximate surface area is 210 Å². The van der Waals surface area contributed by atoms with Gasteiger partial charge in [0.25, 0.3) is 5.91 Å². The van der Waals surface area contributed by atoms with Gasteiger partial charge < -0.3 is 24.8 Å². The second-order valence-electron chi connectivity index (χ2n) is 7.48. The summed E-state index contributed by atoms with van der Waals surface area (Å²) < 4.78 is 16.1. The third-order valence-electron chi connectivity index (χ3n) is 5.12. The molecule has 184 valence electrons. The van der Waals surface area contributed by atoms with E-state index in [4.69, 9.17) is 14.2 Å². The van der Waals surface area contributed by atoms with Crippen LogP contribution in [0.2, 0.25) is 0 Å². The number of hydrogen-bond donors (Lipinski definition) is 2. The summed E-state index contributed by atoms with van der Waals surface area (Å²) in [6.07, 6.45) is 0.634. The first-order valence-electron chi connectivity index (χ1n) is 11.3. The van der Waals surface area contributed by atoms with Crippen LogP contribution in [0.4, 0.5) is 11.4 Å².